The lowest BCUT2D eigenvalue weighted by Crippen LogP contribution is -2.22. The standard InChI is InChI=1S/C9H17NO/c1-4-9(5-2)6-8(3)10(11)7-9/h4-7H2,1-3H3. The molecule has 0 saturated carbocycles. The first-order valence-electron chi connectivity index (χ1n) is 4.40. The normalized spacial score (nSPS) is 22.8. The Kier molecular flexibility index (Phi) is 2.21. The fraction of sp³-hybridized carbons (Fsp3) is 0.889. The van der Waals surface area contributed by atoms with Crippen LogP contribution < -0.4 is 0 Å². The number of hydroxylamine groups is 1. The Morgan fingerprint density at radius 3 is 2.18 bits per heavy atom. The molecule has 2 nitrogen and oxygen atoms in total. The van der Waals surface area contributed by atoms with E-state index in [9.17, 15) is 5.21 Å². The van der Waals surface area contributed by atoms with Crippen molar-refractivity contribution >= 4 is 5.71 Å². The number of hydrogen-bond acceptors (Lipinski definition) is 1. The lowest BCUT2D eigenvalue weighted by atomic mass is 9.80. The molecular weight excluding hydrogens is 138 g/mol. The van der Waals surface area contributed by atoms with Crippen molar-refractivity contribution in [3.05, 3.63) is 5.21 Å². The lowest BCUT2D eigenvalue weighted by Gasteiger charge is -2.21. The van der Waals surface area contributed by atoms with E-state index >= 15 is 0 Å². The molecular formula is C9H17NO. The zero-order chi connectivity index (χ0) is 8.48. The first-order valence-corrected chi connectivity index (χ1v) is 4.40. The van der Waals surface area contributed by atoms with Crippen molar-refractivity contribution in [3.8, 4) is 0 Å². The Morgan fingerprint density at radius 1 is 1.45 bits per heavy atom. The monoisotopic (exact) mass is 155 g/mol. The van der Waals surface area contributed by atoms with Gasteiger partial charge in [-0.1, -0.05) is 13.8 Å². The maximum absolute atomic E-state index is 11.2. The molecule has 0 aromatic heterocycles. The van der Waals surface area contributed by atoms with Gasteiger partial charge in [0.1, 0.15) is 0 Å². The molecule has 0 aromatic carbocycles. The molecule has 1 heterocycles. The van der Waals surface area contributed by atoms with Gasteiger partial charge in [0.05, 0.1) is 0 Å². The molecule has 0 N–H and O–H groups in total. The molecule has 0 bridgehead atoms. The van der Waals surface area contributed by atoms with Crippen molar-refractivity contribution in [2.75, 3.05) is 6.54 Å². The second-order valence-electron chi connectivity index (χ2n) is 3.66. The Bertz CT molecular complexity index is 164. The molecule has 64 valence electrons. The first kappa shape index (κ1) is 8.57. The van der Waals surface area contributed by atoms with E-state index in [2.05, 4.69) is 13.8 Å². The van der Waals surface area contributed by atoms with Gasteiger partial charge in [-0.25, -0.2) is 4.74 Å². The fourth-order valence-electron chi connectivity index (χ4n) is 1.85. The second kappa shape index (κ2) is 2.84. The second-order valence-corrected chi connectivity index (χ2v) is 3.66. The molecule has 1 aliphatic heterocycles. The van der Waals surface area contributed by atoms with Crippen LogP contribution in [-0.4, -0.2) is 17.0 Å². The van der Waals surface area contributed by atoms with Gasteiger partial charge in [0, 0.05) is 18.8 Å². The molecule has 11 heavy (non-hydrogen) atoms. The maximum atomic E-state index is 11.2. The van der Waals surface area contributed by atoms with Gasteiger partial charge >= 0.3 is 0 Å². The highest BCUT2D eigenvalue weighted by Gasteiger charge is 2.38. The third kappa shape index (κ3) is 1.39. The molecule has 0 fully saturated rings. The van der Waals surface area contributed by atoms with Crippen molar-refractivity contribution in [1.29, 1.82) is 0 Å². The van der Waals surface area contributed by atoms with Gasteiger partial charge in [-0.2, -0.15) is 0 Å². The molecule has 0 aliphatic carbocycles. The van der Waals surface area contributed by atoms with Crippen molar-refractivity contribution in [2.45, 2.75) is 40.0 Å². The summed E-state index contributed by atoms with van der Waals surface area (Å²) in [6.45, 7) is 7.01. The minimum Gasteiger partial charge on any atom is -0.624 e. The van der Waals surface area contributed by atoms with E-state index < -0.39 is 0 Å². The van der Waals surface area contributed by atoms with Gasteiger partial charge in [0.25, 0.3) is 0 Å². The summed E-state index contributed by atoms with van der Waals surface area (Å²) in [5.74, 6) is 0. The van der Waals surface area contributed by atoms with E-state index in [4.69, 9.17) is 0 Å². The Balaban J connectivity index is 2.69. The van der Waals surface area contributed by atoms with Gasteiger partial charge < -0.3 is 5.21 Å². The van der Waals surface area contributed by atoms with Gasteiger partial charge in [-0.3, -0.25) is 0 Å². The molecule has 0 radical (unpaired) electrons. The van der Waals surface area contributed by atoms with Crippen LogP contribution in [0, 0.1) is 10.6 Å². The van der Waals surface area contributed by atoms with E-state index in [-0.39, 0.29) is 0 Å². The minimum absolute atomic E-state index is 0.297. The largest absolute Gasteiger partial charge is 0.624 e. The summed E-state index contributed by atoms with van der Waals surface area (Å²) in [6.07, 6.45) is 3.25. The lowest BCUT2D eigenvalue weighted by molar-refractivity contribution is -0.462. The zero-order valence-electron chi connectivity index (χ0n) is 7.68. The summed E-state index contributed by atoms with van der Waals surface area (Å²) in [5.41, 5.74) is 1.31. The highest BCUT2D eigenvalue weighted by Crippen LogP contribution is 2.34. The molecule has 0 amide bonds. The topological polar surface area (TPSA) is 26.1 Å². The van der Waals surface area contributed by atoms with Crippen LogP contribution in [0.4, 0.5) is 0 Å². The molecule has 1 rings (SSSR count). The summed E-state index contributed by atoms with van der Waals surface area (Å²) in [5, 5.41) is 11.2. The highest BCUT2D eigenvalue weighted by molar-refractivity contribution is 5.78. The van der Waals surface area contributed by atoms with Crippen molar-refractivity contribution < 1.29 is 4.74 Å². The Morgan fingerprint density at radius 2 is 2.00 bits per heavy atom. The number of nitrogens with zero attached hydrogens (tertiary/aromatic N) is 1. The van der Waals surface area contributed by atoms with Gasteiger partial charge in [0.15, 0.2) is 12.3 Å². The summed E-state index contributed by atoms with van der Waals surface area (Å²) in [4.78, 5) is 0. The van der Waals surface area contributed by atoms with Crippen molar-refractivity contribution in [3.63, 3.8) is 0 Å². The SMILES string of the molecule is CCC1(CC)CC(C)=[N+]([O-])C1. The van der Waals surface area contributed by atoms with Crippen LogP contribution in [0.3, 0.4) is 0 Å². The molecule has 0 unspecified atom stereocenters. The Labute approximate surface area is 68.5 Å². The van der Waals surface area contributed by atoms with Crippen molar-refractivity contribution in [1.82, 2.24) is 0 Å². The van der Waals surface area contributed by atoms with E-state index in [1.165, 1.54) is 0 Å². The minimum atomic E-state index is 0.297. The van der Waals surface area contributed by atoms with E-state index in [1.807, 2.05) is 6.92 Å². The van der Waals surface area contributed by atoms with Crippen molar-refractivity contribution in [2.24, 2.45) is 5.41 Å². The molecule has 0 spiro atoms. The Hall–Kier alpha value is -0.530. The predicted octanol–water partition coefficient (Wildman–Crippen LogP) is 2.17. The van der Waals surface area contributed by atoms with Crippen LogP contribution in [0.1, 0.15) is 40.0 Å². The molecule has 0 aromatic rings. The van der Waals surface area contributed by atoms with Crippen LogP contribution in [0.15, 0.2) is 0 Å². The number of rotatable bonds is 2. The third-order valence-corrected chi connectivity index (χ3v) is 3.04. The molecule has 1 aliphatic rings. The summed E-state index contributed by atoms with van der Waals surface area (Å²) in [7, 11) is 0. The van der Waals surface area contributed by atoms with Gasteiger partial charge in [-0.05, 0) is 12.8 Å². The van der Waals surface area contributed by atoms with Gasteiger partial charge in [-0.15, -0.1) is 0 Å². The molecule has 0 saturated heterocycles. The van der Waals surface area contributed by atoms with Crippen LogP contribution in [0.5, 0.6) is 0 Å². The van der Waals surface area contributed by atoms with E-state index in [1.54, 1.807) is 0 Å². The quantitative estimate of drug-likeness (QED) is 0.443. The van der Waals surface area contributed by atoms with Crippen LogP contribution >= 0.6 is 0 Å². The fourth-order valence-corrected chi connectivity index (χ4v) is 1.85. The summed E-state index contributed by atoms with van der Waals surface area (Å²) < 4.78 is 1.16. The molecule has 0 atom stereocenters. The van der Waals surface area contributed by atoms with Crippen LogP contribution in [0.2, 0.25) is 0 Å². The summed E-state index contributed by atoms with van der Waals surface area (Å²) >= 11 is 0. The van der Waals surface area contributed by atoms with E-state index in [0.29, 0.717) is 12.0 Å². The third-order valence-electron chi connectivity index (χ3n) is 3.04. The number of hydrogen-bond donors (Lipinski definition) is 0. The van der Waals surface area contributed by atoms with E-state index in [0.717, 1.165) is 29.7 Å². The van der Waals surface area contributed by atoms with Gasteiger partial charge in [0.2, 0.25) is 0 Å². The first-order chi connectivity index (χ1) is 5.13. The van der Waals surface area contributed by atoms with Crippen LogP contribution in [0.25, 0.3) is 0 Å². The predicted molar refractivity (Wildman–Crippen MR) is 46.8 cm³/mol. The highest BCUT2D eigenvalue weighted by atomic mass is 16.5. The summed E-state index contributed by atoms with van der Waals surface area (Å²) in [6, 6.07) is 0. The maximum Gasteiger partial charge on any atom is 0.161 e. The zero-order valence-corrected chi connectivity index (χ0v) is 7.68. The molecule has 2 heteroatoms. The smallest absolute Gasteiger partial charge is 0.161 e. The average Bonchev–Trinajstić information content (AvgIpc) is 2.29. The van der Waals surface area contributed by atoms with Crippen LogP contribution in [-0.2, 0) is 0 Å². The average molecular weight is 155 g/mol.